The highest BCUT2D eigenvalue weighted by atomic mass is 16.5. The maximum absolute atomic E-state index is 12.5. The van der Waals surface area contributed by atoms with E-state index in [1.165, 1.54) is 14.2 Å². The van der Waals surface area contributed by atoms with Gasteiger partial charge >= 0.3 is 0 Å². The molecule has 1 aromatic rings. The lowest BCUT2D eigenvalue weighted by Crippen LogP contribution is -2.34. The Morgan fingerprint density at radius 2 is 1.94 bits per heavy atom. The molecular formula is C13H17NO4. The van der Waals surface area contributed by atoms with Crippen LogP contribution >= 0.6 is 0 Å². The molecule has 5 nitrogen and oxygen atoms in total. The van der Waals surface area contributed by atoms with E-state index in [1.54, 1.807) is 23.1 Å². The van der Waals surface area contributed by atoms with E-state index in [2.05, 4.69) is 0 Å². The smallest absolute Gasteiger partial charge is 0.263 e. The Kier molecular flexibility index (Phi) is 3.72. The van der Waals surface area contributed by atoms with Gasteiger partial charge in [0, 0.05) is 6.54 Å². The molecule has 2 rings (SSSR count). The molecule has 0 aliphatic carbocycles. The third-order valence-corrected chi connectivity index (χ3v) is 3.03. The minimum atomic E-state index is -0.216. The molecule has 98 valence electrons. The lowest BCUT2D eigenvalue weighted by atomic mass is 10.1. The fourth-order valence-corrected chi connectivity index (χ4v) is 2.07. The molecule has 1 aliphatic rings. The molecular weight excluding hydrogens is 234 g/mol. The maximum atomic E-state index is 12.5. The van der Waals surface area contributed by atoms with Crippen LogP contribution in [0.3, 0.4) is 0 Å². The molecule has 5 heteroatoms. The number of ether oxygens (including phenoxy) is 3. The molecule has 1 fully saturated rings. The van der Waals surface area contributed by atoms with Gasteiger partial charge in [0.15, 0.2) is 0 Å². The summed E-state index contributed by atoms with van der Waals surface area (Å²) in [6, 6.07) is 5.28. The van der Waals surface area contributed by atoms with Crippen LogP contribution in [0.4, 0.5) is 0 Å². The number of benzene rings is 1. The highest BCUT2D eigenvalue weighted by Crippen LogP contribution is 2.30. The first kappa shape index (κ1) is 12.7. The van der Waals surface area contributed by atoms with Crippen LogP contribution < -0.4 is 9.47 Å². The van der Waals surface area contributed by atoms with E-state index < -0.39 is 0 Å². The van der Waals surface area contributed by atoms with Crippen molar-refractivity contribution in [2.24, 2.45) is 0 Å². The van der Waals surface area contributed by atoms with E-state index in [1.807, 2.05) is 6.92 Å². The summed E-state index contributed by atoms with van der Waals surface area (Å²) >= 11 is 0. The summed E-state index contributed by atoms with van der Waals surface area (Å²) in [7, 11) is 3.07. The molecule has 0 radical (unpaired) electrons. The SMILES string of the molecule is COc1cccc(OC)c1C(=O)N1CCOC1C. The van der Waals surface area contributed by atoms with Crippen LogP contribution in [0.5, 0.6) is 11.5 Å². The predicted molar refractivity (Wildman–Crippen MR) is 66.0 cm³/mol. The van der Waals surface area contributed by atoms with Crippen molar-refractivity contribution in [1.82, 2.24) is 4.90 Å². The second kappa shape index (κ2) is 5.27. The van der Waals surface area contributed by atoms with Crippen LogP contribution in [0, 0.1) is 0 Å². The molecule has 0 aromatic heterocycles. The van der Waals surface area contributed by atoms with Gasteiger partial charge in [-0.2, -0.15) is 0 Å². The number of hydrogen-bond acceptors (Lipinski definition) is 4. The van der Waals surface area contributed by atoms with Crippen molar-refractivity contribution < 1.29 is 19.0 Å². The Balaban J connectivity index is 2.39. The normalized spacial score (nSPS) is 18.8. The Morgan fingerprint density at radius 3 is 2.39 bits per heavy atom. The molecule has 1 aromatic carbocycles. The number of carbonyl (C=O) groups excluding carboxylic acids is 1. The molecule has 1 amide bonds. The summed E-state index contributed by atoms with van der Waals surface area (Å²) < 4.78 is 15.8. The van der Waals surface area contributed by atoms with Gasteiger partial charge in [0.25, 0.3) is 5.91 Å². The van der Waals surface area contributed by atoms with E-state index in [9.17, 15) is 4.79 Å². The molecule has 1 aliphatic heterocycles. The molecule has 1 atom stereocenters. The predicted octanol–water partition coefficient (Wildman–Crippen LogP) is 1.52. The summed E-state index contributed by atoms with van der Waals surface area (Å²) in [5, 5.41) is 0. The minimum Gasteiger partial charge on any atom is -0.496 e. The second-order valence-corrected chi connectivity index (χ2v) is 4.01. The van der Waals surface area contributed by atoms with Crippen molar-refractivity contribution in [3.05, 3.63) is 23.8 Å². The quantitative estimate of drug-likeness (QED) is 0.817. The molecule has 1 saturated heterocycles. The van der Waals surface area contributed by atoms with Gasteiger partial charge in [0.05, 0.1) is 20.8 Å². The number of hydrogen-bond donors (Lipinski definition) is 0. The first-order chi connectivity index (χ1) is 8.69. The van der Waals surface area contributed by atoms with E-state index in [0.29, 0.717) is 30.2 Å². The Bertz CT molecular complexity index is 424. The van der Waals surface area contributed by atoms with Gasteiger partial charge in [-0.25, -0.2) is 0 Å². The Morgan fingerprint density at radius 1 is 1.33 bits per heavy atom. The van der Waals surface area contributed by atoms with Crippen molar-refractivity contribution in [2.75, 3.05) is 27.4 Å². The third-order valence-electron chi connectivity index (χ3n) is 3.03. The standard InChI is InChI=1S/C13H17NO4/c1-9-14(7-8-18-9)13(15)12-10(16-2)5-4-6-11(12)17-3/h4-6,9H,7-8H2,1-3H3. The number of carbonyl (C=O) groups is 1. The molecule has 0 bridgehead atoms. The summed E-state index contributed by atoms with van der Waals surface area (Å²) in [5.41, 5.74) is 0.444. The summed E-state index contributed by atoms with van der Waals surface area (Å²) in [6.45, 7) is 3.00. The zero-order valence-electron chi connectivity index (χ0n) is 10.8. The molecule has 0 spiro atoms. The molecule has 18 heavy (non-hydrogen) atoms. The average molecular weight is 251 g/mol. The van der Waals surface area contributed by atoms with E-state index in [4.69, 9.17) is 14.2 Å². The van der Waals surface area contributed by atoms with Gasteiger partial charge in [0.2, 0.25) is 0 Å². The monoisotopic (exact) mass is 251 g/mol. The second-order valence-electron chi connectivity index (χ2n) is 4.01. The van der Waals surface area contributed by atoms with Crippen LogP contribution in [0.25, 0.3) is 0 Å². The van der Waals surface area contributed by atoms with Gasteiger partial charge in [-0.15, -0.1) is 0 Å². The fourth-order valence-electron chi connectivity index (χ4n) is 2.07. The highest BCUT2D eigenvalue weighted by Gasteiger charge is 2.30. The first-order valence-corrected chi connectivity index (χ1v) is 5.82. The van der Waals surface area contributed by atoms with Crippen molar-refractivity contribution in [2.45, 2.75) is 13.2 Å². The number of rotatable bonds is 3. The van der Waals surface area contributed by atoms with Crippen LogP contribution in [0.1, 0.15) is 17.3 Å². The zero-order chi connectivity index (χ0) is 13.1. The van der Waals surface area contributed by atoms with Gasteiger partial charge in [-0.3, -0.25) is 4.79 Å². The van der Waals surface area contributed by atoms with Crippen molar-refractivity contribution in [3.63, 3.8) is 0 Å². The van der Waals surface area contributed by atoms with Gasteiger partial charge < -0.3 is 19.1 Å². The van der Waals surface area contributed by atoms with Gasteiger partial charge in [-0.05, 0) is 19.1 Å². The van der Waals surface area contributed by atoms with Crippen LogP contribution in [0.2, 0.25) is 0 Å². The van der Waals surface area contributed by atoms with E-state index in [-0.39, 0.29) is 12.1 Å². The van der Waals surface area contributed by atoms with Crippen LogP contribution in [-0.2, 0) is 4.74 Å². The van der Waals surface area contributed by atoms with Gasteiger partial charge in [-0.1, -0.05) is 6.07 Å². The number of nitrogens with zero attached hydrogens (tertiary/aromatic N) is 1. The highest BCUT2D eigenvalue weighted by molar-refractivity contribution is 6.00. The summed E-state index contributed by atoms with van der Waals surface area (Å²) in [6.07, 6.45) is -0.216. The maximum Gasteiger partial charge on any atom is 0.263 e. The third kappa shape index (κ3) is 2.13. The van der Waals surface area contributed by atoms with Crippen molar-refractivity contribution in [3.8, 4) is 11.5 Å². The molecule has 0 saturated carbocycles. The van der Waals surface area contributed by atoms with E-state index in [0.717, 1.165) is 0 Å². The largest absolute Gasteiger partial charge is 0.496 e. The average Bonchev–Trinajstić information content (AvgIpc) is 2.83. The van der Waals surface area contributed by atoms with Crippen LogP contribution in [-0.4, -0.2) is 44.4 Å². The van der Waals surface area contributed by atoms with Gasteiger partial charge in [0.1, 0.15) is 23.3 Å². The molecule has 1 unspecified atom stereocenters. The first-order valence-electron chi connectivity index (χ1n) is 5.82. The zero-order valence-corrected chi connectivity index (χ0v) is 10.8. The lowest BCUT2D eigenvalue weighted by molar-refractivity contribution is 0.0373. The number of amides is 1. The van der Waals surface area contributed by atoms with Crippen molar-refractivity contribution >= 4 is 5.91 Å². The Hall–Kier alpha value is -1.75. The number of methoxy groups -OCH3 is 2. The van der Waals surface area contributed by atoms with Crippen molar-refractivity contribution in [1.29, 1.82) is 0 Å². The van der Waals surface area contributed by atoms with E-state index >= 15 is 0 Å². The Labute approximate surface area is 106 Å². The summed E-state index contributed by atoms with van der Waals surface area (Å²) in [5.74, 6) is 0.895. The molecule has 1 heterocycles. The minimum absolute atomic E-state index is 0.130. The van der Waals surface area contributed by atoms with Crippen LogP contribution in [0.15, 0.2) is 18.2 Å². The topological polar surface area (TPSA) is 48.0 Å². The molecule has 0 N–H and O–H groups in total. The summed E-state index contributed by atoms with van der Waals surface area (Å²) in [4.78, 5) is 14.2. The lowest BCUT2D eigenvalue weighted by Gasteiger charge is -2.22. The fraction of sp³-hybridized carbons (Fsp3) is 0.462.